The molecule has 0 spiro atoms. The first-order valence-corrected chi connectivity index (χ1v) is 65.5. The summed E-state index contributed by atoms with van der Waals surface area (Å²) in [6.07, 6.45) is 43.6. The van der Waals surface area contributed by atoms with Gasteiger partial charge < -0.3 is 42.9 Å². The fourth-order valence-electron chi connectivity index (χ4n) is 36.8. The van der Waals surface area contributed by atoms with Gasteiger partial charge in [-0.25, -0.2) is 0 Å². The Morgan fingerprint density at radius 2 is 0.842 bits per heavy atom. The molecule has 17 aliphatic rings. The first kappa shape index (κ1) is 112. The third-order valence-corrected chi connectivity index (χ3v) is 44.8. The number of anilines is 3. The zero-order valence-electron chi connectivity index (χ0n) is 87.5. The largest absolute Gasteiger partial charge is 0.274 e. The Morgan fingerprint density at radius 1 is 0.496 bits per heavy atom. The predicted molar refractivity (Wildman–Crippen MR) is 580 cm³/mol. The molecule has 4 aromatic heterocycles. The molecule has 22 atom stereocenters. The van der Waals surface area contributed by atoms with E-state index in [4.69, 9.17) is 39.6 Å². The summed E-state index contributed by atoms with van der Waals surface area (Å²) in [5.41, 5.74) is 41.1. The molecule has 139 heavy (non-hydrogen) atoms. The average molecular weight is 2280 g/mol. The number of aromatic nitrogens is 8. The minimum absolute atomic E-state index is 0. The number of amides is 2. The number of nitrogen functional groups attached to an aromatic ring is 3. The van der Waals surface area contributed by atoms with E-state index in [1.54, 1.807) is 45.8 Å². The van der Waals surface area contributed by atoms with Crippen LogP contribution in [-0.4, -0.2) is 105 Å². The van der Waals surface area contributed by atoms with Gasteiger partial charge in [-0.2, -0.15) is 15.3 Å². The van der Waals surface area contributed by atoms with Gasteiger partial charge in [-0.3, -0.25) is 56.1 Å². The maximum Gasteiger partial charge on any atom is -0.274 e. The quantitative estimate of drug-likeness (QED) is 0.0195. The number of ketones is 1. The number of hydrogen-bond acceptors (Lipinski definition) is 15. The molecular formula is C113H181ClI3N16O6-. The number of nitrogens with zero attached hydrogens (tertiary/aromatic N) is 5. The number of H-pyrrole nitrogens is 5. The maximum atomic E-state index is 14.7. The van der Waals surface area contributed by atoms with Crippen LogP contribution < -0.4 is 53.4 Å². The topological polar surface area (TPSA) is 386 Å². The molecule has 9 saturated carbocycles. The fraction of sp³-hybridized carbons (Fsp3) is 0.770. The monoisotopic (exact) mass is 2270 g/mol. The number of aromatic amines is 5. The Balaban J connectivity index is 0.000000162. The van der Waals surface area contributed by atoms with Gasteiger partial charge >= 0.3 is 50.5 Å². The summed E-state index contributed by atoms with van der Waals surface area (Å²) in [4.78, 5) is 68.0. The van der Waals surface area contributed by atoms with Crippen LogP contribution in [0.5, 0.6) is 0 Å². The van der Waals surface area contributed by atoms with Crippen molar-refractivity contribution < 1.29 is 37.5 Å². The van der Waals surface area contributed by atoms with Gasteiger partial charge in [0, 0.05) is 98.2 Å². The first-order valence-electron chi connectivity index (χ1n) is 52.5. The first-order chi connectivity index (χ1) is 64.0. The minimum Gasteiger partial charge on any atom is -0.274 e. The molecule has 4 aromatic rings. The number of rotatable bonds is 8. The number of carbonyl (C=O) groups is 4. The van der Waals surface area contributed by atoms with Gasteiger partial charge in [0.05, 0.1) is 11.3 Å². The molecule has 18 N–H and O–H groups in total. The molecule has 26 heteroatoms. The molecule has 15 aliphatic carbocycles. The molecule has 0 radical (unpaired) electrons. The van der Waals surface area contributed by atoms with Crippen LogP contribution in [0.3, 0.4) is 0 Å². The number of carbonyl (C=O) groups excluding carboxylic acids is 4. The van der Waals surface area contributed by atoms with Gasteiger partial charge in [-0.1, -0.05) is 208 Å². The molecule has 21 rings (SSSR count). The van der Waals surface area contributed by atoms with Gasteiger partial charge in [0.2, 0.25) is 17.1 Å². The molecule has 0 bridgehead atoms. The summed E-state index contributed by atoms with van der Waals surface area (Å²) in [5.74, 6) is 14.4. The van der Waals surface area contributed by atoms with Crippen molar-refractivity contribution in [2.45, 2.75) is 388 Å². The van der Waals surface area contributed by atoms with Crippen LogP contribution in [0, 0.1) is 135 Å². The summed E-state index contributed by atoms with van der Waals surface area (Å²) in [6.45, 7) is 63.6. The van der Waals surface area contributed by atoms with E-state index in [1.165, 1.54) is 97.3 Å². The minimum atomic E-state index is -0.507. The second-order valence-corrected chi connectivity index (χ2v) is 69.2. The van der Waals surface area contributed by atoms with Crippen LogP contribution in [-0.2, 0) is 66.5 Å². The molecular weight excluding hydrogens is 2090 g/mol. The van der Waals surface area contributed by atoms with Crippen LogP contribution in [0.25, 0.3) is 0 Å². The molecule has 11 fully saturated rings. The van der Waals surface area contributed by atoms with Crippen molar-refractivity contribution in [2.75, 3.05) is 43.4 Å². The van der Waals surface area contributed by atoms with E-state index in [-0.39, 0.29) is 154 Å². The third-order valence-electron chi connectivity index (χ3n) is 44.4. The summed E-state index contributed by atoms with van der Waals surface area (Å²) >= 11 is 11.8. The zero-order valence-corrected chi connectivity index (χ0v) is 94.8. The number of allylic oxidation sites excluding steroid dienone is 6. The van der Waals surface area contributed by atoms with Crippen molar-refractivity contribution in [3.05, 3.63) is 116 Å². The van der Waals surface area contributed by atoms with Crippen molar-refractivity contribution in [1.29, 1.82) is 0 Å². The van der Waals surface area contributed by atoms with Crippen molar-refractivity contribution in [3.63, 3.8) is 0 Å². The van der Waals surface area contributed by atoms with Crippen LogP contribution in [0.4, 0.5) is 17.5 Å². The number of nitrogens with one attached hydrogen (secondary N) is 5. The number of aliphatic hydroxyl groups is 1. The summed E-state index contributed by atoms with van der Waals surface area (Å²) in [5, 5.41) is 37.4. The standard InChI is InChI=1S/C37H54N4O2.C35H54N6O.C31H46ClN3O.C6H9NO.C2H6O.2CH4.I3.H4N2/c1-9-41-19-13-22(31(41)43)29(42)37-17-15-32(2,3)21-25(37)24-10-11-27-34(6)20-23-28(39-40-30(23)38)33(4,5)26(34)12-14-36(27,8)35(24,7)16-18-37;1-30(2)13-15-35(27-20(11-17-36)29(42)41-39-27)16-14-33(6)22(23(35)19-30)8-9-25-32(5)18-21-26(38-40-28(21)37)31(3,4)24(32)10-12-34(25,33)7;1-26(2)12-14-31(25(32)36)15-13-29(6)19(20(31)17-26)8-9-22-28(5)16-18-23(34-35-24(18)33)27(3,4)21(28)10-11-30(22,29)7;1-2-7-5-3-4-6(7)8;1-2-3;;;1-3-2;1-2/h9-10,22,25-27H,1,11-21H2,2-8H3,(H3,38,39,40);8,23-25H,9-19,36H2,1-7H3,(H3,37,38,40)(H2,39,41,42);8,20-22H,9-17H2,1-7H3,(H3,33,34,35);2H,1,3-5H2;3H,2H2,1H3;2*1H4;;1-2H2/q;;;;;;;-1;/t22?,25?,26?,27?,34-,35+,36+,37-;23?,24?,25?,32-,33+,34+,35-;20?,21?,22?,28-,29+,30+,31-;;;;;;/m000....../s1. The molecule has 10 unspecified atom stereocenters. The van der Waals surface area contributed by atoms with E-state index in [0.29, 0.717) is 104 Å². The number of hydrogen-bond donors (Lipinski definition) is 12. The second kappa shape index (κ2) is 38.8. The van der Waals surface area contributed by atoms with Crippen molar-refractivity contribution >= 4 is 89.1 Å². The SMILES string of the molecule is C.C.C=CN1CCC(C(=O)[C@]23CCC(C)(C)CC2C2=CCC4[C@@]5(C)Cc6c(N)n[nH]c6C(C)(C)C5CC[C@@]4(C)[C@]2(C)CC3)C1=O.C=CN1CCCC1=O.CC1(C)CC[C@]2(C(=O)Cl)CC[C@]3(C)C(=CCC4[C@@]5(C)Cc6c(N)n[nH]c6C(C)(C)C5CC[C@]43C)C2C1.CC1(C)CC[C@]2(c3[nH][nH]c(=O)c3CCN)CC[C@]3(C)C(=CCC4[C@@]5(C)Cc6c(N)n[nH]c6C(C)(C)C5CC[C@]43C)C2C1.CCO.I[I-]I.NN. The smallest absolute Gasteiger partial charge is 0.274 e. The fourth-order valence-corrected chi connectivity index (χ4v) is 37.1. The molecule has 2 amide bonds. The number of halogens is 4. The number of likely N-dealkylation sites (tertiary alicyclic amines) is 2. The molecule has 778 valence electrons. The summed E-state index contributed by atoms with van der Waals surface area (Å²) in [7, 11) is 0. The zero-order chi connectivity index (χ0) is 101. The second-order valence-electron chi connectivity index (χ2n) is 52.6. The Morgan fingerprint density at radius 3 is 1.20 bits per heavy atom. The van der Waals surface area contributed by atoms with Gasteiger partial charge in [0.25, 0.3) is 5.56 Å². The molecule has 6 heterocycles. The third kappa shape index (κ3) is 16.9. The normalized spacial score (nSPS) is 39.7. The van der Waals surface area contributed by atoms with Crippen molar-refractivity contribution in [2.24, 2.45) is 152 Å². The Bertz CT molecular complexity index is 5450. The van der Waals surface area contributed by atoms with Crippen LogP contribution in [0.15, 0.2) is 65.3 Å². The van der Waals surface area contributed by atoms with E-state index in [0.717, 1.165) is 134 Å². The molecule has 2 aliphatic heterocycles. The van der Waals surface area contributed by atoms with Gasteiger partial charge in [-0.05, 0) is 348 Å². The molecule has 2 saturated heterocycles. The maximum absolute atomic E-state index is 14.7. The van der Waals surface area contributed by atoms with E-state index in [2.05, 4.69) is 266 Å². The van der Waals surface area contributed by atoms with Crippen LogP contribution in [0.2, 0.25) is 0 Å². The number of hydrazine groups is 1. The van der Waals surface area contributed by atoms with Crippen molar-refractivity contribution in [3.8, 4) is 0 Å². The van der Waals surface area contributed by atoms with Crippen LogP contribution >= 0.6 is 48.8 Å². The average Bonchev–Trinajstić information content (AvgIpc) is 1.37. The number of aliphatic hydroxyl groups excluding tert-OH is 1. The Labute approximate surface area is 869 Å². The number of fused-ring (bicyclic) bond motifs is 24. The van der Waals surface area contributed by atoms with Gasteiger partial charge in [0.1, 0.15) is 17.5 Å². The van der Waals surface area contributed by atoms with Crippen LogP contribution in [0.1, 0.15) is 386 Å². The number of nitrogens with two attached hydrogens (primary N) is 6. The number of Topliss-reactive ketones (excluding diaryl/α,β-unsaturated/α-hetero) is 1. The molecule has 0 aromatic carbocycles. The summed E-state index contributed by atoms with van der Waals surface area (Å²) in [6, 6.07) is 0. The molecule has 22 nitrogen and oxygen atoms in total. The van der Waals surface area contributed by atoms with E-state index >= 15 is 0 Å². The Kier molecular flexibility index (Phi) is 31.1. The van der Waals surface area contributed by atoms with E-state index in [1.807, 2.05) is 0 Å². The Hall–Kier alpha value is -4.66. The van der Waals surface area contributed by atoms with E-state index in [9.17, 15) is 24.0 Å². The van der Waals surface area contributed by atoms with E-state index < -0.39 is 11.3 Å². The van der Waals surface area contributed by atoms with Gasteiger partial charge in [0.15, 0.2) is 5.78 Å². The van der Waals surface area contributed by atoms with Crippen molar-refractivity contribution in [1.82, 2.24) is 50.6 Å². The van der Waals surface area contributed by atoms with Gasteiger partial charge in [-0.15, -0.1) is 0 Å². The summed E-state index contributed by atoms with van der Waals surface area (Å²) < 4.78 is 0. The predicted octanol–water partition coefficient (Wildman–Crippen LogP) is 20.8.